The monoisotopic (exact) mass is 219 g/mol. The van der Waals surface area contributed by atoms with Crippen molar-refractivity contribution in [1.29, 1.82) is 0 Å². The molecule has 1 atom stereocenters. The molecule has 0 aliphatic carbocycles. The van der Waals surface area contributed by atoms with Gasteiger partial charge in [-0.05, 0) is 12.8 Å². The van der Waals surface area contributed by atoms with E-state index in [9.17, 15) is 0 Å². The van der Waals surface area contributed by atoms with Gasteiger partial charge in [-0.15, -0.1) is 11.8 Å². The molecule has 0 amide bonds. The normalized spacial score (nSPS) is 12.3. The number of aromatic nitrogens is 2. The Kier molecular flexibility index (Phi) is 5.07. The highest BCUT2D eigenvalue weighted by molar-refractivity contribution is 5.08. The SMILES string of the molecule is CC#CCCn1cncc1C(CN)C(C)C. The van der Waals surface area contributed by atoms with Crippen LogP contribution in [-0.2, 0) is 6.54 Å². The van der Waals surface area contributed by atoms with Gasteiger partial charge in [0.2, 0.25) is 0 Å². The molecule has 0 saturated carbocycles. The average Bonchev–Trinajstić information content (AvgIpc) is 2.68. The van der Waals surface area contributed by atoms with Gasteiger partial charge in [-0.1, -0.05) is 13.8 Å². The summed E-state index contributed by atoms with van der Waals surface area (Å²) >= 11 is 0. The van der Waals surface area contributed by atoms with Gasteiger partial charge in [-0.2, -0.15) is 0 Å². The van der Waals surface area contributed by atoms with Crippen molar-refractivity contribution in [3.05, 3.63) is 18.2 Å². The van der Waals surface area contributed by atoms with Gasteiger partial charge in [0.25, 0.3) is 0 Å². The molecule has 88 valence electrons. The first kappa shape index (κ1) is 12.8. The Morgan fingerprint density at radius 3 is 2.81 bits per heavy atom. The predicted octanol–water partition coefficient (Wildman–Crippen LogP) is 1.99. The lowest BCUT2D eigenvalue weighted by molar-refractivity contribution is 0.473. The maximum atomic E-state index is 5.82. The summed E-state index contributed by atoms with van der Waals surface area (Å²) < 4.78 is 2.17. The third kappa shape index (κ3) is 3.11. The van der Waals surface area contributed by atoms with Crippen molar-refractivity contribution in [1.82, 2.24) is 9.55 Å². The number of hydrogen-bond acceptors (Lipinski definition) is 2. The molecular weight excluding hydrogens is 198 g/mol. The summed E-state index contributed by atoms with van der Waals surface area (Å²) in [7, 11) is 0. The summed E-state index contributed by atoms with van der Waals surface area (Å²) in [5.74, 6) is 6.90. The molecule has 0 saturated heterocycles. The lowest BCUT2D eigenvalue weighted by Gasteiger charge is -2.20. The first-order chi connectivity index (χ1) is 7.70. The van der Waals surface area contributed by atoms with Crippen LogP contribution in [0.25, 0.3) is 0 Å². The molecule has 0 aliphatic heterocycles. The Hall–Kier alpha value is -1.27. The van der Waals surface area contributed by atoms with Gasteiger partial charge < -0.3 is 10.3 Å². The number of imidazole rings is 1. The van der Waals surface area contributed by atoms with Crippen molar-refractivity contribution in [2.45, 2.75) is 39.7 Å². The fourth-order valence-corrected chi connectivity index (χ4v) is 1.86. The van der Waals surface area contributed by atoms with Crippen molar-refractivity contribution in [2.24, 2.45) is 11.7 Å². The molecule has 0 aliphatic rings. The van der Waals surface area contributed by atoms with E-state index in [4.69, 9.17) is 5.73 Å². The lowest BCUT2D eigenvalue weighted by Crippen LogP contribution is -2.20. The van der Waals surface area contributed by atoms with Crippen molar-refractivity contribution in [2.75, 3.05) is 6.54 Å². The molecular formula is C13H21N3. The number of nitrogens with two attached hydrogens (primary N) is 1. The predicted molar refractivity (Wildman–Crippen MR) is 66.9 cm³/mol. The standard InChI is InChI=1S/C13H21N3/c1-4-5-6-7-16-10-15-9-13(16)12(8-14)11(2)3/h9-12H,6-8,14H2,1-3H3. The number of hydrogen-bond donors (Lipinski definition) is 1. The van der Waals surface area contributed by atoms with E-state index in [1.807, 2.05) is 19.4 Å². The summed E-state index contributed by atoms with van der Waals surface area (Å²) in [6.07, 6.45) is 4.67. The molecule has 3 nitrogen and oxygen atoms in total. The summed E-state index contributed by atoms with van der Waals surface area (Å²) in [5.41, 5.74) is 7.05. The molecule has 3 heteroatoms. The van der Waals surface area contributed by atoms with Crippen LogP contribution < -0.4 is 5.73 Å². The van der Waals surface area contributed by atoms with Gasteiger partial charge in [0.05, 0.1) is 6.33 Å². The highest BCUT2D eigenvalue weighted by atomic mass is 15.0. The van der Waals surface area contributed by atoms with Crippen LogP contribution in [0.3, 0.4) is 0 Å². The quantitative estimate of drug-likeness (QED) is 0.770. The minimum atomic E-state index is 0.386. The molecule has 0 fully saturated rings. The zero-order chi connectivity index (χ0) is 12.0. The summed E-state index contributed by atoms with van der Waals surface area (Å²) in [6.45, 7) is 7.83. The van der Waals surface area contributed by atoms with Crippen LogP contribution in [0.15, 0.2) is 12.5 Å². The summed E-state index contributed by atoms with van der Waals surface area (Å²) in [6, 6.07) is 0. The molecule has 1 heterocycles. The number of rotatable bonds is 5. The minimum absolute atomic E-state index is 0.386. The van der Waals surface area contributed by atoms with Gasteiger partial charge in [0.15, 0.2) is 0 Å². The molecule has 1 aromatic heterocycles. The highest BCUT2D eigenvalue weighted by Crippen LogP contribution is 2.22. The van der Waals surface area contributed by atoms with Crippen LogP contribution >= 0.6 is 0 Å². The minimum Gasteiger partial charge on any atom is -0.333 e. The zero-order valence-electron chi connectivity index (χ0n) is 10.4. The molecule has 16 heavy (non-hydrogen) atoms. The highest BCUT2D eigenvalue weighted by Gasteiger charge is 2.17. The Labute approximate surface area is 98.1 Å². The van der Waals surface area contributed by atoms with Crippen LogP contribution in [0.4, 0.5) is 0 Å². The van der Waals surface area contributed by atoms with Crippen LogP contribution in [0.1, 0.15) is 38.8 Å². The smallest absolute Gasteiger partial charge is 0.0948 e. The van der Waals surface area contributed by atoms with Crippen molar-refractivity contribution in [3.8, 4) is 11.8 Å². The van der Waals surface area contributed by atoms with E-state index in [0.717, 1.165) is 13.0 Å². The van der Waals surface area contributed by atoms with Crippen LogP contribution in [0.2, 0.25) is 0 Å². The van der Waals surface area contributed by atoms with Crippen molar-refractivity contribution in [3.63, 3.8) is 0 Å². The van der Waals surface area contributed by atoms with Crippen molar-refractivity contribution >= 4 is 0 Å². The van der Waals surface area contributed by atoms with Crippen LogP contribution in [0, 0.1) is 17.8 Å². The molecule has 0 aromatic carbocycles. The van der Waals surface area contributed by atoms with E-state index in [1.165, 1.54) is 5.69 Å². The van der Waals surface area contributed by atoms with Crippen LogP contribution in [0.5, 0.6) is 0 Å². The first-order valence-electron chi connectivity index (χ1n) is 5.80. The second kappa shape index (κ2) is 6.34. The number of aryl methyl sites for hydroxylation is 1. The van der Waals surface area contributed by atoms with Gasteiger partial charge in [-0.25, -0.2) is 4.98 Å². The Bertz CT molecular complexity index is 368. The second-order valence-electron chi connectivity index (χ2n) is 4.27. The Balaban J connectivity index is 2.78. The molecule has 0 radical (unpaired) electrons. The maximum absolute atomic E-state index is 5.82. The zero-order valence-corrected chi connectivity index (χ0v) is 10.4. The molecule has 1 unspecified atom stereocenters. The molecule has 0 spiro atoms. The average molecular weight is 219 g/mol. The third-order valence-corrected chi connectivity index (χ3v) is 2.84. The first-order valence-corrected chi connectivity index (χ1v) is 5.80. The fraction of sp³-hybridized carbons (Fsp3) is 0.615. The van der Waals surface area contributed by atoms with Crippen LogP contribution in [-0.4, -0.2) is 16.1 Å². The maximum Gasteiger partial charge on any atom is 0.0948 e. The molecule has 2 N–H and O–H groups in total. The van der Waals surface area contributed by atoms with Gasteiger partial charge in [0, 0.05) is 37.3 Å². The summed E-state index contributed by atoms with van der Waals surface area (Å²) in [4.78, 5) is 4.21. The van der Waals surface area contributed by atoms with Gasteiger partial charge in [-0.3, -0.25) is 0 Å². The van der Waals surface area contributed by atoms with E-state index in [-0.39, 0.29) is 0 Å². The lowest BCUT2D eigenvalue weighted by atomic mass is 9.93. The largest absolute Gasteiger partial charge is 0.333 e. The Morgan fingerprint density at radius 1 is 1.50 bits per heavy atom. The molecule has 0 bridgehead atoms. The van der Waals surface area contributed by atoms with Crippen molar-refractivity contribution < 1.29 is 0 Å². The number of nitrogens with zero attached hydrogens (tertiary/aromatic N) is 2. The van der Waals surface area contributed by atoms with E-state index in [2.05, 4.69) is 35.2 Å². The van der Waals surface area contributed by atoms with E-state index in [0.29, 0.717) is 18.4 Å². The van der Waals surface area contributed by atoms with Gasteiger partial charge >= 0.3 is 0 Å². The topological polar surface area (TPSA) is 43.8 Å². The van der Waals surface area contributed by atoms with E-state index < -0.39 is 0 Å². The second-order valence-corrected chi connectivity index (χ2v) is 4.27. The van der Waals surface area contributed by atoms with Gasteiger partial charge in [0.1, 0.15) is 0 Å². The third-order valence-electron chi connectivity index (χ3n) is 2.84. The molecule has 1 aromatic rings. The van der Waals surface area contributed by atoms with E-state index in [1.54, 1.807) is 0 Å². The molecule has 1 rings (SSSR count). The Morgan fingerprint density at radius 2 is 2.25 bits per heavy atom. The summed E-state index contributed by atoms with van der Waals surface area (Å²) in [5, 5.41) is 0. The van der Waals surface area contributed by atoms with E-state index >= 15 is 0 Å². The fourth-order valence-electron chi connectivity index (χ4n) is 1.86.